The molecule has 3 aromatic rings. The molecule has 4 heteroatoms. The lowest BCUT2D eigenvalue weighted by molar-refractivity contribution is -0.688. The van der Waals surface area contributed by atoms with Crippen molar-refractivity contribution in [2.45, 2.75) is 19.4 Å². The highest BCUT2D eigenvalue weighted by Crippen LogP contribution is 2.18. The van der Waals surface area contributed by atoms with Crippen molar-refractivity contribution in [2.75, 3.05) is 37.0 Å². The number of pyridine rings is 2. The predicted molar refractivity (Wildman–Crippen MR) is 109 cm³/mol. The van der Waals surface area contributed by atoms with E-state index in [9.17, 15) is 0 Å². The van der Waals surface area contributed by atoms with Crippen molar-refractivity contribution in [3.63, 3.8) is 0 Å². The van der Waals surface area contributed by atoms with E-state index < -0.39 is 0 Å². The highest BCUT2D eigenvalue weighted by molar-refractivity contribution is 5.45. The maximum atomic E-state index is 2.46. The van der Waals surface area contributed by atoms with Crippen molar-refractivity contribution in [1.82, 2.24) is 0 Å². The highest BCUT2D eigenvalue weighted by atomic mass is 15.1. The highest BCUT2D eigenvalue weighted by Gasteiger charge is 2.14. The molecule has 1 aliphatic rings. The fourth-order valence-corrected chi connectivity index (χ4v) is 3.61. The lowest BCUT2D eigenvalue weighted by atomic mass is 10.2. The molecule has 1 aliphatic heterocycles. The van der Waals surface area contributed by atoms with Crippen LogP contribution in [-0.4, -0.2) is 27.2 Å². The monoisotopic (exact) mass is 360 g/mol. The zero-order valence-electron chi connectivity index (χ0n) is 16.3. The minimum absolute atomic E-state index is 0.882. The van der Waals surface area contributed by atoms with E-state index in [-0.39, 0.29) is 0 Å². The summed E-state index contributed by atoms with van der Waals surface area (Å²) < 4.78 is 4.39. The number of hydrogen-bond acceptors (Lipinski definition) is 2. The number of benzene rings is 1. The van der Waals surface area contributed by atoms with Crippen LogP contribution in [0.5, 0.6) is 0 Å². The second-order valence-electron chi connectivity index (χ2n) is 7.45. The van der Waals surface area contributed by atoms with Gasteiger partial charge in [-0.1, -0.05) is 0 Å². The third-order valence-electron chi connectivity index (χ3n) is 5.27. The first kappa shape index (κ1) is 17.5. The van der Waals surface area contributed by atoms with Crippen molar-refractivity contribution in [3.8, 4) is 5.69 Å². The number of hydrogen-bond donors (Lipinski definition) is 0. The van der Waals surface area contributed by atoms with Gasteiger partial charge in [0, 0.05) is 80.5 Å². The van der Waals surface area contributed by atoms with E-state index in [2.05, 4.69) is 106 Å². The van der Waals surface area contributed by atoms with Crippen LogP contribution >= 0.6 is 0 Å². The number of anilines is 2. The molecule has 2 aromatic heterocycles. The predicted octanol–water partition coefficient (Wildman–Crippen LogP) is 2.97. The van der Waals surface area contributed by atoms with Crippen molar-refractivity contribution in [1.29, 1.82) is 0 Å². The molecule has 3 heterocycles. The lowest BCUT2D eigenvalue weighted by Crippen LogP contribution is -2.34. The molecule has 4 rings (SSSR count). The summed E-state index contributed by atoms with van der Waals surface area (Å²) in [5.41, 5.74) is 5.05. The van der Waals surface area contributed by atoms with Gasteiger partial charge in [0.05, 0.1) is 0 Å². The molecule has 0 radical (unpaired) electrons. The van der Waals surface area contributed by atoms with Gasteiger partial charge in [0.2, 0.25) is 5.69 Å². The maximum absolute atomic E-state index is 2.46. The Morgan fingerprint density at radius 1 is 0.815 bits per heavy atom. The van der Waals surface area contributed by atoms with Crippen LogP contribution in [0, 0.1) is 0 Å². The standard InChI is InChI=1S/C23H28N4/c1-24(2)21-9-15-25(16-10-21)19-20-5-7-22(8-6-20)27-17-11-23(12-18-27)26-13-3-4-14-26/h5-12,15-18H,3-4,13-14,19H2,1-2H3/q+2. The summed E-state index contributed by atoms with van der Waals surface area (Å²) in [5, 5.41) is 0. The molecule has 1 fully saturated rings. The Balaban J connectivity index is 1.43. The average Bonchev–Trinajstić information content (AvgIpc) is 3.24. The van der Waals surface area contributed by atoms with Crippen LogP contribution in [-0.2, 0) is 6.54 Å². The lowest BCUT2D eigenvalue weighted by Gasteiger charge is -2.16. The Morgan fingerprint density at radius 3 is 2.04 bits per heavy atom. The van der Waals surface area contributed by atoms with Crippen LogP contribution < -0.4 is 18.9 Å². The average molecular weight is 361 g/mol. The molecule has 0 saturated carbocycles. The maximum Gasteiger partial charge on any atom is 0.210 e. The second-order valence-corrected chi connectivity index (χ2v) is 7.45. The Morgan fingerprint density at radius 2 is 1.44 bits per heavy atom. The molecule has 4 nitrogen and oxygen atoms in total. The first-order valence-electron chi connectivity index (χ1n) is 9.71. The van der Waals surface area contributed by atoms with E-state index in [0.29, 0.717) is 0 Å². The molecule has 1 saturated heterocycles. The van der Waals surface area contributed by atoms with Gasteiger partial charge in [0.1, 0.15) is 0 Å². The summed E-state index contributed by atoms with van der Waals surface area (Å²) in [4.78, 5) is 4.58. The van der Waals surface area contributed by atoms with E-state index in [1.54, 1.807) is 0 Å². The Kier molecular flexibility index (Phi) is 5.05. The molecule has 138 valence electrons. The van der Waals surface area contributed by atoms with Crippen molar-refractivity contribution >= 4 is 11.4 Å². The first-order chi connectivity index (χ1) is 13.2. The summed E-state index contributed by atoms with van der Waals surface area (Å²) in [6.07, 6.45) is 11.2. The first-order valence-corrected chi connectivity index (χ1v) is 9.71. The summed E-state index contributed by atoms with van der Waals surface area (Å²) in [5.74, 6) is 0. The van der Waals surface area contributed by atoms with Crippen LogP contribution in [0.3, 0.4) is 0 Å². The molecular formula is C23H28N4+2. The van der Waals surface area contributed by atoms with Gasteiger partial charge >= 0.3 is 0 Å². The third kappa shape index (κ3) is 4.11. The van der Waals surface area contributed by atoms with Crippen LogP contribution in [0.15, 0.2) is 73.3 Å². The van der Waals surface area contributed by atoms with Crippen molar-refractivity contribution < 1.29 is 9.13 Å². The SMILES string of the molecule is CN(C)c1cc[n+](Cc2ccc(-[n+]3ccc(N4CCCC4)cc3)cc2)cc1. The molecule has 0 amide bonds. The largest absolute Gasteiger partial charge is 0.377 e. The smallest absolute Gasteiger partial charge is 0.210 e. The summed E-state index contributed by atoms with van der Waals surface area (Å²) >= 11 is 0. The molecule has 0 atom stereocenters. The van der Waals surface area contributed by atoms with Crippen LogP contribution in [0.25, 0.3) is 5.69 Å². The van der Waals surface area contributed by atoms with Gasteiger partial charge in [-0.2, -0.15) is 4.57 Å². The van der Waals surface area contributed by atoms with Crippen LogP contribution in [0.1, 0.15) is 18.4 Å². The van der Waals surface area contributed by atoms with Gasteiger partial charge in [0.15, 0.2) is 31.3 Å². The summed E-state index contributed by atoms with van der Waals surface area (Å²) in [6, 6.07) is 17.5. The van der Waals surface area contributed by atoms with Crippen LogP contribution in [0.4, 0.5) is 11.4 Å². The van der Waals surface area contributed by atoms with E-state index in [1.165, 1.54) is 48.6 Å². The van der Waals surface area contributed by atoms with E-state index in [4.69, 9.17) is 0 Å². The molecule has 0 bridgehead atoms. The minimum Gasteiger partial charge on any atom is -0.377 e. The fourth-order valence-electron chi connectivity index (χ4n) is 3.61. The van der Waals surface area contributed by atoms with Gasteiger partial charge in [-0.3, -0.25) is 0 Å². The summed E-state index contributed by atoms with van der Waals surface area (Å²) in [7, 11) is 4.13. The molecule has 1 aromatic carbocycles. The van der Waals surface area contributed by atoms with Crippen molar-refractivity contribution in [3.05, 3.63) is 78.9 Å². The van der Waals surface area contributed by atoms with E-state index >= 15 is 0 Å². The van der Waals surface area contributed by atoms with Gasteiger partial charge in [-0.25, -0.2) is 4.57 Å². The number of nitrogens with zero attached hydrogens (tertiary/aromatic N) is 4. The zero-order chi connectivity index (χ0) is 18.6. The van der Waals surface area contributed by atoms with Crippen molar-refractivity contribution in [2.24, 2.45) is 0 Å². The molecule has 27 heavy (non-hydrogen) atoms. The molecule has 0 unspecified atom stereocenters. The summed E-state index contributed by atoms with van der Waals surface area (Å²) in [6.45, 7) is 3.25. The van der Waals surface area contributed by atoms with E-state index in [0.717, 1.165) is 6.54 Å². The Bertz CT molecular complexity index is 862. The fraction of sp³-hybridized carbons (Fsp3) is 0.304. The van der Waals surface area contributed by atoms with Gasteiger partial charge < -0.3 is 9.80 Å². The second kappa shape index (κ2) is 7.78. The molecule has 0 aliphatic carbocycles. The Labute approximate surface area is 161 Å². The molecule has 0 spiro atoms. The minimum atomic E-state index is 0.882. The van der Waals surface area contributed by atoms with Gasteiger partial charge in [-0.15, -0.1) is 0 Å². The number of aromatic nitrogens is 2. The van der Waals surface area contributed by atoms with Gasteiger partial charge in [-0.05, 0) is 25.0 Å². The van der Waals surface area contributed by atoms with Crippen LogP contribution in [0.2, 0.25) is 0 Å². The molecule has 0 N–H and O–H groups in total. The topological polar surface area (TPSA) is 14.2 Å². The zero-order valence-corrected chi connectivity index (χ0v) is 16.3. The van der Waals surface area contributed by atoms with E-state index in [1.807, 2.05) is 0 Å². The number of rotatable bonds is 5. The Hall–Kier alpha value is -2.88. The van der Waals surface area contributed by atoms with Gasteiger partial charge in [0.25, 0.3) is 0 Å². The molecular weight excluding hydrogens is 332 g/mol. The normalized spacial score (nSPS) is 13.8. The third-order valence-corrected chi connectivity index (χ3v) is 5.27. The quantitative estimate of drug-likeness (QED) is 0.650.